The zero-order valence-corrected chi connectivity index (χ0v) is 19.5. The van der Waals surface area contributed by atoms with E-state index in [2.05, 4.69) is 19.8 Å². The van der Waals surface area contributed by atoms with Crippen molar-refractivity contribution < 1.29 is 41.0 Å². The number of ether oxygens (including phenoxy) is 1. The number of pyridine rings is 1. The van der Waals surface area contributed by atoms with Crippen LogP contribution in [-0.2, 0) is 25.7 Å². The summed E-state index contributed by atoms with van der Waals surface area (Å²) in [5, 5.41) is 12.5. The molecule has 3 aromatic rings. The molecule has 0 aliphatic rings. The Morgan fingerprint density at radius 1 is 1.06 bits per heavy atom. The van der Waals surface area contributed by atoms with E-state index in [0.717, 1.165) is 19.2 Å². The molecule has 0 aliphatic carbocycles. The minimum absolute atomic E-state index is 0.124. The van der Waals surface area contributed by atoms with Gasteiger partial charge in [-0.3, -0.25) is 19.3 Å². The molecule has 190 valence electrons. The summed E-state index contributed by atoms with van der Waals surface area (Å²) in [5.74, 6) is -2.31. The highest BCUT2D eigenvalue weighted by Crippen LogP contribution is 2.31. The van der Waals surface area contributed by atoms with E-state index in [1.807, 2.05) is 0 Å². The lowest BCUT2D eigenvalue weighted by molar-refractivity contribution is -0.140. The number of carbonyl (C=O) groups is 2. The molecule has 3 N–H and O–H groups in total. The molecule has 36 heavy (non-hydrogen) atoms. The Hall–Kier alpha value is -4.13. The number of anilines is 2. The van der Waals surface area contributed by atoms with Crippen LogP contribution in [0.4, 0.5) is 24.5 Å². The summed E-state index contributed by atoms with van der Waals surface area (Å²) in [6.07, 6.45) is -3.61. The molecule has 0 saturated carbocycles. The maximum absolute atomic E-state index is 12.7. The van der Waals surface area contributed by atoms with Gasteiger partial charge in [0, 0.05) is 17.4 Å². The van der Waals surface area contributed by atoms with E-state index in [-0.39, 0.29) is 16.9 Å². The van der Waals surface area contributed by atoms with Gasteiger partial charge >= 0.3 is 12.1 Å². The number of sulfonamides is 1. The number of phenols is 1. The van der Waals surface area contributed by atoms with Gasteiger partial charge in [0.25, 0.3) is 5.91 Å². The third-order valence-electron chi connectivity index (χ3n) is 4.86. The molecule has 0 fully saturated rings. The minimum Gasteiger partial charge on any atom is -0.506 e. The standard InChI is InChI=1S/C23H20F3N3O6S/c1-35-21(31)10-11-36(33,34)29-19-12-17(7-9-20(19)30)28-22(32)15-4-8-18(27-13-15)14-2-5-16(6-3-14)23(24,25)26/h2-9,12-13,29-30H,10-11H2,1H3,(H,28,32). The van der Waals surface area contributed by atoms with Crippen LogP contribution in [0.1, 0.15) is 22.3 Å². The second-order valence-corrected chi connectivity index (χ2v) is 9.28. The normalized spacial score (nSPS) is 11.6. The molecule has 0 saturated heterocycles. The van der Waals surface area contributed by atoms with E-state index in [4.69, 9.17) is 0 Å². The molecule has 0 atom stereocenters. The number of halogens is 3. The van der Waals surface area contributed by atoms with Gasteiger partial charge in [-0.25, -0.2) is 8.42 Å². The molecule has 0 unspecified atom stereocenters. The van der Waals surface area contributed by atoms with Gasteiger partial charge in [-0.15, -0.1) is 0 Å². The lowest BCUT2D eigenvalue weighted by Gasteiger charge is -2.12. The molecule has 1 heterocycles. The third kappa shape index (κ3) is 6.95. The highest BCUT2D eigenvalue weighted by atomic mass is 32.2. The number of methoxy groups -OCH3 is 1. The average Bonchev–Trinajstić information content (AvgIpc) is 2.84. The zero-order chi connectivity index (χ0) is 26.5. The van der Waals surface area contributed by atoms with Crippen LogP contribution in [0, 0.1) is 0 Å². The second kappa shape index (κ2) is 10.6. The van der Waals surface area contributed by atoms with E-state index < -0.39 is 51.6 Å². The van der Waals surface area contributed by atoms with Crippen molar-refractivity contribution >= 4 is 33.3 Å². The Morgan fingerprint density at radius 3 is 2.33 bits per heavy atom. The predicted molar refractivity (Wildman–Crippen MR) is 125 cm³/mol. The molecule has 0 bridgehead atoms. The molecule has 1 amide bonds. The van der Waals surface area contributed by atoms with Gasteiger partial charge in [-0.05, 0) is 42.5 Å². The summed E-state index contributed by atoms with van der Waals surface area (Å²) >= 11 is 0. The Labute approximate surface area is 204 Å². The van der Waals surface area contributed by atoms with Gasteiger partial charge in [0.2, 0.25) is 10.0 Å². The second-order valence-electron chi connectivity index (χ2n) is 7.44. The highest BCUT2D eigenvalue weighted by Gasteiger charge is 2.30. The number of carbonyl (C=O) groups excluding carboxylic acids is 2. The summed E-state index contributed by atoms with van der Waals surface area (Å²) in [4.78, 5) is 27.9. The van der Waals surface area contributed by atoms with Crippen LogP contribution >= 0.6 is 0 Å². The number of hydrogen-bond acceptors (Lipinski definition) is 7. The lowest BCUT2D eigenvalue weighted by Crippen LogP contribution is -2.20. The number of phenolic OH excluding ortho intramolecular Hbond substituents is 1. The molecular formula is C23H20F3N3O6S. The molecule has 13 heteroatoms. The van der Waals surface area contributed by atoms with Crippen LogP contribution in [0.5, 0.6) is 5.75 Å². The van der Waals surface area contributed by atoms with Gasteiger partial charge in [0.05, 0.1) is 41.8 Å². The largest absolute Gasteiger partial charge is 0.506 e. The van der Waals surface area contributed by atoms with E-state index in [1.165, 1.54) is 48.7 Å². The van der Waals surface area contributed by atoms with Crippen LogP contribution in [0.2, 0.25) is 0 Å². The van der Waals surface area contributed by atoms with Gasteiger partial charge in [0.15, 0.2) is 0 Å². The topological polar surface area (TPSA) is 135 Å². The maximum Gasteiger partial charge on any atom is 0.416 e. The Bertz CT molecular complexity index is 1360. The first kappa shape index (κ1) is 26.5. The molecule has 0 radical (unpaired) electrons. The van der Waals surface area contributed by atoms with Crippen molar-refractivity contribution in [3.05, 3.63) is 71.9 Å². The maximum atomic E-state index is 12.7. The number of nitrogens with zero attached hydrogens (tertiary/aromatic N) is 1. The molecule has 0 spiro atoms. The van der Waals surface area contributed by atoms with Crippen molar-refractivity contribution in [2.24, 2.45) is 0 Å². The first-order valence-electron chi connectivity index (χ1n) is 10.2. The first-order chi connectivity index (χ1) is 16.9. The predicted octanol–water partition coefficient (Wildman–Crippen LogP) is 4.03. The van der Waals surface area contributed by atoms with Crippen molar-refractivity contribution in [2.75, 3.05) is 22.9 Å². The number of alkyl halides is 3. The van der Waals surface area contributed by atoms with Crippen molar-refractivity contribution in [3.8, 4) is 17.0 Å². The number of rotatable bonds is 8. The number of nitrogens with one attached hydrogen (secondary N) is 2. The Morgan fingerprint density at radius 2 is 1.75 bits per heavy atom. The molecule has 9 nitrogen and oxygen atoms in total. The first-order valence-corrected chi connectivity index (χ1v) is 11.9. The summed E-state index contributed by atoms with van der Waals surface area (Å²) in [6, 6.07) is 11.0. The average molecular weight is 523 g/mol. The van der Waals surface area contributed by atoms with Crippen LogP contribution < -0.4 is 10.0 Å². The zero-order valence-electron chi connectivity index (χ0n) is 18.7. The van der Waals surface area contributed by atoms with Gasteiger partial charge < -0.3 is 15.2 Å². The summed E-state index contributed by atoms with van der Waals surface area (Å²) < 4.78 is 69.0. The SMILES string of the molecule is COC(=O)CCS(=O)(=O)Nc1cc(NC(=O)c2ccc(-c3ccc(C(F)(F)F)cc3)nc2)ccc1O. The number of aromatic nitrogens is 1. The van der Waals surface area contributed by atoms with E-state index in [0.29, 0.717) is 11.3 Å². The Kier molecular flexibility index (Phi) is 7.83. The lowest BCUT2D eigenvalue weighted by atomic mass is 10.1. The summed E-state index contributed by atoms with van der Waals surface area (Å²) in [7, 11) is -2.87. The van der Waals surface area contributed by atoms with Crippen LogP contribution in [-0.4, -0.2) is 43.2 Å². The fourth-order valence-corrected chi connectivity index (χ4v) is 4.00. The number of aromatic hydroxyl groups is 1. The number of hydrogen-bond donors (Lipinski definition) is 3. The smallest absolute Gasteiger partial charge is 0.416 e. The summed E-state index contributed by atoms with van der Waals surface area (Å²) in [6.45, 7) is 0. The molecule has 2 aromatic carbocycles. The van der Waals surface area contributed by atoms with Crippen LogP contribution in [0.3, 0.4) is 0 Å². The van der Waals surface area contributed by atoms with Crippen molar-refractivity contribution in [2.45, 2.75) is 12.6 Å². The number of amides is 1. The number of esters is 1. The van der Waals surface area contributed by atoms with Gasteiger partial charge in [-0.2, -0.15) is 13.2 Å². The van der Waals surface area contributed by atoms with Gasteiger partial charge in [-0.1, -0.05) is 12.1 Å². The number of benzene rings is 2. The molecular weight excluding hydrogens is 503 g/mol. The van der Waals surface area contributed by atoms with Crippen LogP contribution in [0.25, 0.3) is 11.3 Å². The van der Waals surface area contributed by atoms with E-state index in [1.54, 1.807) is 0 Å². The van der Waals surface area contributed by atoms with Crippen LogP contribution in [0.15, 0.2) is 60.8 Å². The quantitative estimate of drug-likeness (QED) is 0.231. The van der Waals surface area contributed by atoms with E-state index in [9.17, 15) is 36.3 Å². The molecule has 0 aliphatic heterocycles. The fraction of sp³-hybridized carbons (Fsp3) is 0.174. The molecule has 1 aromatic heterocycles. The van der Waals surface area contributed by atoms with Gasteiger partial charge in [0.1, 0.15) is 5.75 Å². The third-order valence-corrected chi connectivity index (χ3v) is 6.13. The molecule has 3 rings (SSSR count). The Balaban J connectivity index is 1.69. The fourth-order valence-electron chi connectivity index (χ4n) is 2.97. The summed E-state index contributed by atoms with van der Waals surface area (Å²) in [5.41, 5.74) is 0.0510. The monoisotopic (exact) mass is 523 g/mol. The van der Waals surface area contributed by atoms with Crippen molar-refractivity contribution in [3.63, 3.8) is 0 Å². The van der Waals surface area contributed by atoms with Crippen molar-refractivity contribution in [1.29, 1.82) is 0 Å². The van der Waals surface area contributed by atoms with Crippen molar-refractivity contribution in [1.82, 2.24) is 4.98 Å². The van der Waals surface area contributed by atoms with E-state index >= 15 is 0 Å². The minimum atomic E-state index is -4.45. The highest BCUT2D eigenvalue weighted by molar-refractivity contribution is 7.92.